The summed E-state index contributed by atoms with van der Waals surface area (Å²) < 4.78 is 0. The van der Waals surface area contributed by atoms with Crippen molar-refractivity contribution in [1.82, 2.24) is 10.2 Å². The third-order valence-corrected chi connectivity index (χ3v) is 3.84. The number of likely N-dealkylation sites (tertiary alicyclic amines) is 1. The molecule has 1 heterocycles. The van der Waals surface area contributed by atoms with Gasteiger partial charge in [-0.05, 0) is 32.6 Å². The van der Waals surface area contributed by atoms with Crippen LogP contribution in [0.15, 0.2) is 0 Å². The van der Waals surface area contributed by atoms with Crippen molar-refractivity contribution in [2.24, 2.45) is 11.8 Å². The lowest BCUT2D eigenvalue weighted by Gasteiger charge is -2.29. The summed E-state index contributed by atoms with van der Waals surface area (Å²) in [5.74, 6) is -2.35. The van der Waals surface area contributed by atoms with E-state index in [1.54, 1.807) is 11.8 Å². The van der Waals surface area contributed by atoms with Crippen LogP contribution in [0.5, 0.6) is 0 Å². The first-order valence-electron chi connectivity index (χ1n) is 6.82. The predicted octanol–water partition coefficient (Wildman–Crippen LogP) is 0.224. The maximum atomic E-state index is 12.1. The van der Waals surface area contributed by atoms with E-state index in [1.807, 2.05) is 0 Å². The molecule has 1 saturated carbocycles. The summed E-state index contributed by atoms with van der Waals surface area (Å²) in [6, 6.07) is -0.569. The molecule has 106 valence electrons. The molecule has 0 bridgehead atoms. The second-order valence-corrected chi connectivity index (χ2v) is 5.40. The molecule has 1 aliphatic heterocycles. The Bertz CT molecular complexity index is 390. The zero-order valence-electron chi connectivity index (χ0n) is 11.1. The highest BCUT2D eigenvalue weighted by Crippen LogP contribution is 2.38. The summed E-state index contributed by atoms with van der Waals surface area (Å²) in [5, 5.41) is 11.4. The largest absolute Gasteiger partial charge is 0.481 e. The first kappa shape index (κ1) is 13.8. The number of carboxylic acid groups (broad SMARTS) is 1. The average Bonchev–Trinajstić information content (AvgIpc) is 3.19. The van der Waals surface area contributed by atoms with Gasteiger partial charge in [0.1, 0.15) is 6.04 Å². The topological polar surface area (TPSA) is 86.7 Å². The van der Waals surface area contributed by atoms with Crippen molar-refractivity contribution < 1.29 is 19.5 Å². The number of amides is 2. The quantitative estimate of drug-likeness (QED) is 0.764. The molecule has 0 spiro atoms. The van der Waals surface area contributed by atoms with Crippen LogP contribution in [0, 0.1) is 11.8 Å². The zero-order chi connectivity index (χ0) is 14.0. The molecule has 2 N–H and O–H groups in total. The van der Waals surface area contributed by atoms with Gasteiger partial charge in [-0.15, -0.1) is 0 Å². The van der Waals surface area contributed by atoms with Gasteiger partial charge in [-0.1, -0.05) is 0 Å². The molecule has 0 radical (unpaired) electrons. The van der Waals surface area contributed by atoms with Crippen molar-refractivity contribution in [2.75, 3.05) is 13.1 Å². The Morgan fingerprint density at radius 3 is 2.32 bits per heavy atom. The summed E-state index contributed by atoms with van der Waals surface area (Å²) in [5.41, 5.74) is 0. The van der Waals surface area contributed by atoms with Gasteiger partial charge in [-0.3, -0.25) is 14.4 Å². The van der Waals surface area contributed by atoms with Gasteiger partial charge in [0.15, 0.2) is 0 Å². The van der Waals surface area contributed by atoms with Crippen LogP contribution in [-0.4, -0.2) is 46.9 Å². The van der Waals surface area contributed by atoms with E-state index >= 15 is 0 Å². The molecule has 6 nitrogen and oxygen atoms in total. The summed E-state index contributed by atoms with van der Waals surface area (Å²) in [4.78, 5) is 36.3. The van der Waals surface area contributed by atoms with E-state index in [2.05, 4.69) is 5.32 Å². The minimum atomic E-state index is -0.935. The molecule has 2 aliphatic rings. The van der Waals surface area contributed by atoms with Crippen molar-refractivity contribution >= 4 is 17.8 Å². The van der Waals surface area contributed by atoms with E-state index in [-0.39, 0.29) is 11.8 Å². The molecular weight excluding hydrogens is 248 g/mol. The Balaban J connectivity index is 1.80. The minimum Gasteiger partial charge on any atom is -0.481 e. The van der Waals surface area contributed by atoms with Crippen LogP contribution in [0.4, 0.5) is 0 Å². The number of aliphatic carboxylic acids is 1. The van der Waals surface area contributed by atoms with E-state index < -0.39 is 23.8 Å². The van der Waals surface area contributed by atoms with Crippen LogP contribution < -0.4 is 5.32 Å². The Morgan fingerprint density at radius 2 is 1.79 bits per heavy atom. The highest BCUT2D eigenvalue weighted by molar-refractivity contribution is 5.93. The van der Waals surface area contributed by atoms with Gasteiger partial charge >= 0.3 is 5.97 Å². The molecular formula is C13H20N2O4. The van der Waals surface area contributed by atoms with E-state index in [9.17, 15) is 14.4 Å². The summed E-state index contributed by atoms with van der Waals surface area (Å²) in [7, 11) is 0. The Labute approximate surface area is 112 Å². The highest BCUT2D eigenvalue weighted by atomic mass is 16.4. The van der Waals surface area contributed by atoms with E-state index in [1.165, 1.54) is 0 Å². The van der Waals surface area contributed by atoms with Gasteiger partial charge in [-0.25, -0.2) is 0 Å². The fourth-order valence-corrected chi connectivity index (χ4v) is 2.53. The second kappa shape index (κ2) is 5.59. The van der Waals surface area contributed by atoms with Crippen molar-refractivity contribution in [1.29, 1.82) is 0 Å². The maximum Gasteiger partial charge on any atom is 0.307 e. The first-order valence-corrected chi connectivity index (χ1v) is 6.82. The standard InChI is InChI=1S/C13H20N2O4/c1-8(12(17)15-5-3-2-4-6-15)14-11(16)9-7-10(9)13(18)19/h8-10H,2-7H2,1H3,(H,14,16)(H,18,19)/t8?,9-,10+/m1/s1. The van der Waals surface area contributed by atoms with Crippen molar-refractivity contribution in [3.8, 4) is 0 Å². The van der Waals surface area contributed by atoms with Crippen molar-refractivity contribution in [2.45, 2.75) is 38.6 Å². The predicted molar refractivity (Wildman–Crippen MR) is 67.3 cm³/mol. The second-order valence-electron chi connectivity index (χ2n) is 5.40. The third kappa shape index (κ3) is 3.24. The molecule has 2 amide bonds. The molecule has 1 unspecified atom stereocenters. The molecule has 2 fully saturated rings. The molecule has 2 rings (SSSR count). The van der Waals surface area contributed by atoms with Crippen LogP contribution in [0.1, 0.15) is 32.6 Å². The van der Waals surface area contributed by atoms with Crippen LogP contribution in [0.3, 0.4) is 0 Å². The Morgan fingerprint density at radius 1 is 1.16 bits per heavy atom. The number of carbonyl (C=O) groups excluding carboxylic acids is 2. The number of piperidine rings is 1. The number of carboxylic acids is 1. The molecule has 1 aliphatic carbocycles. The lowest BCUT2D eigenvalue weighted by molar-refractivity contribution is -0.140. The number of nitrogens with one attached hydrogen (secondary N) is 1. The van der Waals surface area contributed by atoms with Crippen molar-refractivity contribution in [3.05, 3.63) is 0 Å². The van der Waals surface area contributed by atoms with Gasteiger partial charge in [0.25, 0.3) is 0 Å². The number of hydrogen-bond acceptors (Lipinski definition) is 3. The molecule has 19 heavy (non-hydrogen) atoms. The first-order chi connectivity index (χ1) is 9.00. The summed E-state index contributed by atoms with van der Waals surface area (Å²) >= 11 is 0. The lowest BCUT2D eigenvalue weighted by atomic mass is 10.1. The summed E-state index contributed by atoms with van der Waals surface area (Å²) in [6.45, 7) is 3.16. The maximum absolute atomic E-state index is 12.1. The third-order valence-electron chi connectivity index (χ3n) is 3.84. The van der Waals surface area contributed by atoms with Crippen LogP contribution >= 0.6 is 0 Å². The fraction of sp³-hybridized carbons (Fsp3) is 0.769. The molecule has 6 heteroatoms. The van der Waals surface area contributed by atoms with Crippen LogP contribution in [-0.2, 0) is 14.4 Å². The SMILES string of the molecule is CC(NC(=O)[C@@H]1C[C@@H]1C(=O)O)C(=O)N1CCCCC1. The van der Waals surface area contributed by atoms with Gasteiger partial charge in [0, 0.05) is 13.1 Å². The lowest BCUT2D eigenvalue weighted by Crippen LogP contribution is -2.49. The van der Waals surface area contributed by atoms with E-state index in [0.29, 0.717) is 6.42 Å². The Hall–Kier alpha value is -1.59. The van der Waals surface area contributed by atoms with E-state index in [4.69, 9.17) is 5.11 Å². The fourth-order valence-electron chi connectivity index (χ4n) is 2.53. The van der Waals surface area contributed by atoms with E-state index in [0.717, 1.165) is 32.4 Å². The molecule has 0 aromatic rings. The minimum absolute atomic E-state index is 0.0689. The molecule has 3 atom stereocenters. The number of nitrogens with zero attached hydrogens (tertiary/aromatic N) is 1. The number of carbonyl (C=O) groups is 3. The monoisotopic (exact) mass is 268 g/mol. The summed E-state index contributed by atoms with van der Waals surface area (Å²) in [6.07, 6.45) is 3.55. The molecule has 0 aromatic heterocycles. The number of rotatable bonds is 4. The van der Waals surface area contributed by atoms with Gasteiger partial charge in [-0.2, -0.15) is 0 Å². The highest BCUT2D eigenvalue weighted by Gasteiger charge is 2.48. The van der Waals surface area contributed by atoms with Crippen molar-refractivity contribution in [3.63, 3.8) is 0 Å². The smallest absolute Gasteiger partial charge is 0.307 e. The van der Waals surface area contributed by atoms with Crippen LogP contribution in [0.25, 0.3) is 0 Å². The zero-order valence-corrected chi connectivity index (χ0v) is 11.1. The normalized spacial score (nSPS) is 27.5. The molecule has 1 saturated heterocycles. The van der Waals surface area contributed by atoms with Gasteiger partial charge < -0.3 is 15.3 Å². The van der Waals surface area contributed by atoms with Crippen LogP contribution in [0.2, 0.25) is 0 Å². The van der Waals surface area contributed by atoms with Gasteiger partial charge in [0.2, 0.25) is 11.8 Å². The number of hydrogen-bond donors (Lipinski definition) is 2. The Kier molecular flexibility index (Phi) is 4.07. The average molecular weight is 268 g/mol. The molecule has 0 aromatic carbocycles. The van der Waals surface area contributed by atoms with Gasteiger partial charge in [0.05, 0.1) is 11.8 Å².